The molecule has 1 aromatic heterocycles. The minimum Gasteiger partial charge on any atom is -0.382 e. The van der Waals surface area contributed by atoms with Crippen molar-refractivity contribution >= 4 is 35.4 Å². The number of H-pyrrole nitrogens is 1. The number of nitrogens with zero attached hydrogens (tertiary/aromatic N) is 1. The predicted octanol–water partition coefficient (Wildman–Crippen LogP) is 2.48. The van der Waals surface area contributed by atoms with Gasteiger partial charge in [-0.15, -0.1) is 0 Å². The summed E-state index contributed by atoms with van der Waals surface area (Å²) in [6.07, 6.45) is 5.16. The van der Waals surface area contributed by atoms with E-state index in [1.54, 1.807) is 0 Å². The maximum Gasteiger partial charge on any atom is 0.153 e. The van der Waals surface area contributed by atoms with Crippen LogP contribution < -0.4 is 5.73 Å². The van der Waals surface area contributed by atoms with Gasteiger partial charge < -0.3 is 5.73 Å². The first-order chi connectivity index (χ1) is 7.31. The van der Waals surface area contributed by atoms with Gasteiger partial charge in [0.05, 0.1) is 5.52 Å². The lowest BCUT2D eigenvalue weighted by atomic mass is 10.1. The highest BCUT2D eigenvalue weighted by atomic mass is 32.1. The van der Waals surface area contributed by atoms with Crippen LogP contribution in [0.2, 0.25) is 0 Å². The molecular formula is C11H13N3S. The van der Waals surface area contributed by atoms with Crippen molar-refractivity contribution in [2.75, 3.05) is 11.5 Å². The topological polar surface area (TPSA) is 54.7 Å². The predicted molar refractivity (Wildman–Crippen MR) is 68.0 cm³/mol. The third-order valence-corrected chi connectivity index (χ3v) is 2.48. The Morgan fingerprint density at radius 3 is 3.13 bits per heavy atom. The molecule has 78 valence electrons. The van der Waals surface area contributed by atoms with Crippen LogP contribution in [0.15, 0.2) is 24.3 Å². The minimum absolute atomic E-state index is 0.552. The first-order valence-electron chi connectivity index (χ1n) is 4.82. The summed E-state index contributed by atoms with van der Waals surface area (Å²) in [4.78, 5) is 0. The molecule has 1 heterocycles. The number of hydrogen-bond acceptors (Lipinski definition) is 3. The van der Waals surface area contributed by atoms with E-state index in [2.05, 4.69) is 35.0 Å². The van der Waals surface area contributed by atoms with Crippen LogP contribution >= 0.6 is 12.6 Å². The molecule has 4 heteroatoms. The summed E-state index contributed by atoms with van der Waals surface area (Å²) in [5, 5.41) is 7.82. The molecule has 0 fully saturated rings. The maximum absolute atomic E-state index is 5.68. The molecule has 0 aliphatic heterocycles. The molecule has 15 heavy (non-hydrogen) atoms. The number of nitrogens with one attached hydrogen (secondary N) is 1. The summed E-state index contributed by atoms with van der Waals surface area (Å²) in [6, 6.07) is 6.05. The molecule has 0 amide bonds. The lowest BCUT2D eigenvalue weighted by Crippen LogP contribution is -1.83. The fourth-order valence-corrected chi connectivity index (χ4v) is 1.61. The first-order valence-corrected chi connectivity index (χ1v) is 5.45. The third-order valence-electron chi connectivity index (χ3n) is 2.22. The monoisotopic (exact) mass is 219 g/mol. The van der Waals surface area contributed by atoms with Gasteiger partial charge in [-0.2, -0.15) is 17.7 Å². The van der Waals surface area contributed by atoms with E-state index < -0.39 is 0 Å². The summed E-state index contributed by atoms with van der Waals surface area (Å²) in [6.45, 7) is 0. The smallest absolute Gasteiger partial charge is 0.153 e. The van der Waals surface area contributed by atoms with Crippen LogP contribution in [0.25, 0.3) is 17.0 Å². The highest BCUT2D eigenvalue weighted by Crippen LogP contribution is 2.19. The molecule has 0 atom stereocenters. The lowest BCUT2D eigenvalue weighted by molar-refractivity contribution is 1.13. The van der Waals surface area contributed by atoms with Gasteiger partial charge >= 0.3 is 0 Å². The van der Waals surface area contributed by atoms with Gasteiger partial charge in [-0.05, 0) is 29.9 Å². The SMILES string of the molecule is Nc1n[nH]c2cc(C=CCCS)ccc12. The second-order valence-electron chi connectivity index (χ2n) is 3.33. The van der Waals surface area contributed by atoms with Gasteiger partial charge in [-0.3, -0.25) is 5.10 Å². The van der Waals surface area contributed by atoms with Gasteiger partial charge in [-0.25, -0.2) is 0 Å². The van der Waals surface area contributed by atoms with Gasteiger partial charge in [0, 0.05) is 5.39 Å². The molecule has 0 aliphatic carbocycles. The van der Waals surface area contributed by atoms with Crippen LogP contribution in [0, 0.1) is 0 Å². The molecule has 3 N–H and O–H groups in total. The summed E-state index contributed by atoms with van der Waals surface area (Å²) >= 11 is 4.15. The Hall–Kier alpha value is -1.42. The second-order valence-corrected chi connectivity index (χ2v) is 3.78. The number of aromatic nitrogens is 2. The maximum atomic E-state index is 5.68. The molecule has 0 aliphatic rings. The van der Waals surface area contributed by atoms with Crippen molar-refractivity contribution in [2.45, 2.75) is 6.42 Å². The Morgan fingerprint density at radius 2 is 2.33 bits per heavy atom. The lowest BCUT2D eigenvalue weighted by Gasteiger charge is -1.94. The van der Waals surface area contributed by atoms with Crippen LogP contribution in [0.5, 0.6) is 0 Å². The number of benzene rings is 1. The van der Waals surface area contributed by atoms with Crippen molar-refractivity contribution in [1.29, 1.82) is 0 Å². The molecule has 0 saturated carbocycles. The Kier molecular flexibility index (Phi) is 2.97. The normalized spacial score (nSPS) is 11.5. The minimum atomic E-state index is 0.552. The van der Waals surface area contributed by atoms with Crippen molar-refractivity contribution in [3.8, 4) is 0 Å². The van der Waals surface area contributed by atoms with Gasteiger partial charge in [0.15, 0.2) is 5.82 Å². The summed E-state index contributed by atoms with van der Waals surface area (Å²) in [7, 11) is 0. The van der Waals surface area contributed by atoms with Crippen LogP contribution in [0.3, 0.4) is 0 Å². The molecule has 3 nitrogen and oxygen atoms in total. The van der Waals surface area contributed by atoms with Crippen molar-refractivity contribution in [3.05, 3.63) is 29.8 Å². The van der Waals surface area contributed by atoms with Crippen molar-refractivity contribution in [3.63, 3.8) is 0 Å². The molecule has 0 unspecified atom stereocenters. The van der Waals surface area contributed by atoms with Crippen LogP contribution in [-0.2, 0) is 0 Å². The first kappa shape index (κ1) is 10.1. The standard InChI is InChI=1S/C11H13N3S/c12-11-9-5-4-8(3-1-2-6-15)7-10(9)13-14-11/h1,3-5,7,15H,2,6H2,(H3,12,13,14). The van der Waals surface area contributed by atoms with Gasteiger partial charge in [0.25, 0.3) is 0 Å². The quantitative estimate of drug-likeness (QED) is 0.695. The van der Waals surface area contributed by atoms with E-state index in [4.69, 9.17) is 5.73 Å². The molecule has 1 aromatic carbocycles. The number of allylic oxidation sites excluding steroid dienone is 1. The van der Waals surface area contributed by atoms with Crippen LogP contribution in [0.1, 0.15) is 12.0 Å². The van der Waals surface area contributed by atoms with E-state index in [9.17, 15) is 0 Å². The van der Waals surface area contributed by atoms with E-state index in [-0.39, 0.29) is 0 Å². The number of rotatable bonds is 3. The summed E-state index contributed by atoms with van der Waals surface area (Å²) < 4.78 is 0. The number of fused-ring (bicyclic) bond motifs is 1. The number of anilines is 1. The number of thiol groups is 1. The zero-order valence-electron chi connectivity index (χ0n) is 8.27. The fourth-order valence-electron chi connectivity index (χ4n) is 1.46. The molecule has 0 bridgehead atoms. The zero-order valence-corrected chi connectivity index (χ0v) is 9.17. The van der Waals surface area contributed by atoms with Gasteiger partial charge in [0.2, 0.25) is 0 Å². The Labute approximate surface area is 93.8 Å². The molecule has 0 radical (unpaired) electrons. The van der Waals surface area contributed by atoms with Gasteiger partial charge in [-0.1, -0.05) is 18.2 Å². The van der Waals surface area contributed by atoms with Gasteiger partial charge in [0.1, 0.15) is 0 Å². The second kappa shape index (κ2) is 4.40. The van der Waals surface area contributed by atoms with E-state index >= 15 is 0 Å². The Bertz CT molecular complexity index is 488. The summed E-state index contributed by atoms with van der Waals surface area (Å²) in [5.74, 6) is 1.42. The van der Waals surface area contributed by atoms with Crippen LogP contribution in [-0.4, -0.2) is 16.0 Å². The molecule has 2 rings (SSSR count). The molecular weight excluding hydrogens is 206 g/mol. The largest absolute Gasteiger partial charge is 0.382 e. The Morgan fingerprint density at radius 1 is 1.47 bits per heavy atom. The van der Waals surface area contributed by atoms with E-state index in [0.717, 1.165) is 28.6 Å². The third kappa shape index (κ3) is 2.15. The highest BCUT2D eigenvalue weighted by molar-refractivity contribution is 7.80. The zero-order chi connectivity index (χ0) is 10.7. The number of aromatic amines is 1. The van der Waals surface area contributed by atoms with Crippen molar-refractivity contribution < 1.29 is 0 Å². The molecule has 0 spiro atoms. The highest BCUT2D eigenvalue weighted by Gasteiger charge is 2.00. The van der Waals surface area contributed by atoms with E-state index in [1.807, 2.05) is 18.2 Å². The molecule has 2 aromatic rings. The fraction of sp³-hybridized carbons (Fsp3) is 0.182. The van der Waals surface area contributed by atoms with Crippen molar-refractivity contribution in [1.82, 2.24) is 10.2 Å². The Balaban J connectivity index is 2.31. The van der Waals surface area contributed by atoms with E-state index in [1.165, 1.54) is 0 Å². The van der Waals surface area contributed by atoms with Crippen LogP contribution in [0.4, 0.5) is 5.82 Å². The summed E-state index contributed by atoms with van der Waals surface area (Å²) in [5.41, 5.74) is 7.80. The number of hydrogen-bond donors (Lipinski definition) is 3. The number of nitrogen functional groups attached to an aromatic ring is 1. The average Bonchev–Trinajstić information content (AvgIpc) is 2.61. The van der Waals surface area contributed by atoms with Crippen molar-refractivity contribution in [2.24, 2.45) is 0 Å². The average molecular weight is 219 g/mol. The molecule has 0 saturated heterocycles. The van der Waals surface area contributed by atoms with E-state index in [0.29, 0.717) is 5.82 Å². The number of nitrogens with two attached hydrogens (primary N) is 1.